The van der Waals surface area contributed by atoms with Crippen molar-refractivity contribution in [2.75, 3.05) is 0 Å². The summed E-state index contributed by atoms with van der Waals surface area (Å²) in [6.45, 7) is 0. The fraction of sp³-hybridized carbons (Fsp3) is 0.0588. The number of hydrogen-bond donors (Lipinski definition) is 2. The topological polar surface area (TPSA) is 82.9 Å². The number of carbonyl (C=O) groups is 2. The van der Waals surface area contributed by atoms with Crippen molar-refractivity contribution >= 4 is 24.2 Å². The van der Waals surface area contributed by atoms with Gasteiger partial charge in [0.15, 0.2) is 0 Å². The van der Waals surface area contributed by atoms with Crippen LogP contribution in [0.5, 0.6) is 0 Å². The molecule has 2 rings (SSSR count). The Morgan fingerprint density at radius 2 is 1.12 bits per heavy atom. The number of halogens is 2. The fourth-order valence-corrected chi connectivity index (χ4v) is 1.68. The lowest BCUT2D eigenvalue weighted by Crippen LogP contribution is -2.27. The second kappa shape index (κ2) is 9.02. The van der Waals surface area contributed by atoms with Gasteiger partial charge in [-0.1, -0.05) is 24.3 Å². The van der Waals surface area contributed by atoms with Gasteiger partial charge in [0.05, 0.1) is 12.4 Å². The lowest BCUT2D eigenvalue weighted by molar-refractivity contribution is -0.129. The Morgan fingerprint density at radius 1 is 0.760 bits per heavy atom. The third-order valence-corrected chi connectivity index (χ3v) is 2.87. The lowest BCUT2D eigenvalue weighted by Gasteiger charge is -1.99. The summed E-state index contributed by atoms with van der Waals surface area (Å²) in [5, 5.41) is 7.32. The maximum Gasteiger partial charge on any atom is 0.249 e. The monoisotopic (exact) mass is 344 g/mol. The SMILES string of the molecule is O=C(CC(=O)N/N=C/c1ccc(F)cc1)N/N=C/c1ccc(F)cc1. The van der Waals surface area contributed by atoms with Gasteiger partial charge in [0.2, 0.25) is 11.8 Å². The van der Waals surface area contributed by atoms with Gasteiger partial charge in [0.25, 0.3) is 0 Å². The molecule has 8 heteroatoms. The maximum absolute atomic E-state index is 12.7. The predicted molar refractivity (Wildman–Crippen MR) is 88.9 cm³/mol. The molecular weight excluding hydrogens is 330 g/mol. The average Bonchev–Trinajstić information content (AvgIpc) is 2.58. The molecule has 0 spiro atoms. The Hall–Kier alpha value is -3.42. The molecule has 0 aliphatic rings. The van der Waals surface area contributed by atoms with E-state index in [1.807, 2.05) is 0 Å². The van der Waals surface area contributed by atoms with Gasteiger partial charge >= 0.3 is 0 Å². The number of hydrazone groups is 2. The molecule has 0 heterocycles. The summed E-state index contributed by atoms with van der Waals surface area (Å²) in [5.41, 5.74) is 5.53. The molecule has 0 radical (unpaired) electrons. The Bertz CT molecular complexity index is 720. The van der Waals surface area contributed by atoms with Gasteiger partial charge in [0, 0.05) is 0 Å². The first kappa shape index (κ1) is 17.9. The molecule has 0 aromatic heterocycles. The van der Waals surface area contributed by atoms with Crippen molar-refractivity contribution < 1.29 is 18.4 Å². The van der Waals surface area contributed by atoms with Crippen molar-refractivity contribution in [3.8, 4) is 0 Å². The fourth-order valence-electron chi connectivity index (χ4n) is 1.68. The van der Waals surface area contributed by atoms with Crippen molar-refractivity contribution in [2.24, 2.45) is 10.2 Å². The molecule has 25 heavy (non-hydrogen) atoms. The lowest BCUT2D eigenvalue weighted by atomic mass is 10.2. The number of nitrogens with one attached hydrogen (secondary N) is 2. The van der Waals surface area contributed by atoms with Gasteiger partial charge in [-0.05, 0) is 35.4 Å². The first-order valence-electron chi connectivity index (χ1n) is 7.18. The van der Waals surface area contributed by atoms with Crippen LogP contribution in [0, 0.1) is 11.6 Å². The molecule has 0 aliphatic heterocycles. The van der Waals surface area contributed by atoms with Crippen LogP contribution in [0.4, 0.5) is 8.78 Å². The first-order valence-corrected chi connectivity index (χ1v) is 7.18. The van der Waals surface area contributed by atoms with Gasteiger partial charge in [0.1, 0.15) is 18.1 Å². The second-order valence-electron chi connectivity index (χ2n) is 4.87. The molecule has 2 aromatic rings. The predicted octanol–water partition coefficient (Wildman–Crippen LogP) is 1.96. The first-order chi connectivity index (χ1) is 12.0. The highest BCUT2D eigenvalue weighted by Gasteiger charge is 2.07. The van der Waals surface area contributed by atoms with Crippen LogP contribution < -0.4 is 10.9 Å². The van der Waals surface area contributed by atoms with Crippen LogP contribution in [-0.2, 0) is 9.59 Å². The van der Waals surface area contributed by atoms with E-state index in [0.717, 1.165) is 0 Å². The Labute approximate surface area is 142 Å². The standard InChI is InChI=1S/C17H14F2N4O2/c18-14-5-1-12(2-6-14)10-20-22-16(24)9-17(25)23-21-11-13-3-7-15(19)8-4-13/h1-8,10-11H,9H2,(H,22,24)(H,23,25)/b20-10+,21-11+. The van der Waals surface area contributed by atoms with Crippen molar-refractivity contribution in [3.63, 3.8) is 0 Å². The van der Waals surface area contributed by atoms with Crippen LogP contribution in [0.25, 0.3) is 0 Å². The van der Waals surface area contributed by atoms with Crippen LogP contribution in [0.2, 0.25) is 0 Å². The van der Waals surface area contributed by atoms with Crippen LogP contribution in [0.1, 0.15) is 17.5 Å². The third kappa shape index (κ3) is 6.69. The maximum atomic E-state index is 12.7. The van der Waals surface area contributed by atoms with E-state index in [1.165, 1.54) is 61.0 Å². The summed E-state index contributed by atoms with van der Waals surface area (Å²) >= 11 is 0. The average molecular weight is 344 g/mol. The van der Waals surface area contributed by atoms with Gasteiger partial charge in [-0.3, -0.25) is 9.59 Å². The summed E-state index contributed by atoms with van der Waals surface area (Å²) in [7, 11) is 0. The van der Waals surface area contributed by atoms with E-state index in [9.17, 15) is 18.4 Å². The molecule has 0 atom stereocenters. The van der Waals surface area contributed by atoms with Gasteiger partial charge in [-0.25, -0.2) is 19.6 Å². The smallest absolute Gasteiger partial charge is 0.249 e. The zero-order chi connectivity index (χ0) is 18.1. The number of amides is 2. The number of carbonyl (C=O) groups excluding carboxylic acids is 2. The molecule has 0 saturated heterocycles. The molecule has 0 fully saturated rings. The molecule has 0 aliphatic carbocycles. The van der Waals surface area contributed by atoms with Crippen molar-refractivity contribution in [1.82, 2.24) is 10.9 Å². The molecule has 2 amide bonds. The Morgan fingerprint density at radius 3 is 1.48 bits per heavy atom. The molecule has 0 bridgehead atoms. The Kier molecular flexibility index (Phi) is 6.47. The summed E-state index contributed by atoms with van der Waals surface area (Å²) in [6.07, 6.45) is 2.17. The van der Waals surface area contributed by atoms with E-state index in [2.05, 4.69) is 21.1 Å². The van der Waals surface area contributed by atoms with Crippen molar-refractivity contribution in [1.29, 1.82) is 0 Å². The molecule has 128 valence electrons. The minimum absolute atomic E-state index is 0.376. The van der Waals surface area contributed by atoms with E-state index in [-0.39, 0.29) is 11.6 Å². The largest absolute Gasteiger partial charge is 0.273 e. The highest BCUT2D eigenvalue weighted by Crippen LogP contribution is 2.00. The minimum Gasteiger partial charge on any atom is -0.273 e. The highest BCUT2D eigenvalue weighted by molar-refractivity contribution is 5.97. The number of hydrogen-bond acceptors (Lipinski definition) is 4. The highest BCUT2D eigenvalue weighted by atomic mass is 19.1. The number of rotatable bonds is 6. The van der Waals surface area contributed by atoms with Crippen LogP contribution in [-0.4, -0.2) is 24.2 Å². The molecule has 0 saturated carbocycles. The van der Waals surface area contributed by atoms with Crippen molar-refractivity contribution in [2.45, 2.75) is 6.42 Å². The van der Waals surface area contributed by atoms with Crippen LogP contribution in [0.3, 0.4) is 0 Å². The van der Waals surface area contributed by atoms with E-state index >= 15 is 0 Å². The number of benzene rings is 2. The van der Waals surface area contributed by atoms with Gasteiger partial charge in [-0.15, -0.1) is 0 Å². The van der Waals surface area contributed by atoms with E-state index < -0.39 is 18.2 Å². The van der Waals surface area contributed by atoms with Crippen molar-refractivity contribution in [3.05, 3.63) is 71.3 Å². The zero-order valence-corrected chi connectivity index (χ0v) is 12.9. The van der Waals surface area contributed by atoms with Gasteiger partial charge in [-0.2, -0.15) is 10.2 Å². The molecule has 0 unspecified atom stereocenters. The van der Waals surface area contributed by atoms with Crippen LogP contribution >= 0.6 is 0 Å². The molecule has 2 aromatic carbocycles. The summed E-state index contributed by atoms with van der Waals surface area (Å²) in [5.74, 6) is -2.02. The van der Waals surface area contributed by atoms with Gasteiger partial charge < -0.3 is 0 Å². The van der Waals surface area contributed by atoms with E-state index in [4.69, 9.17) is 0 Å². The summed E-state index contributed by atoms with van der Waals surface area (Å²) < 4.78 is 25.4. The summed E-state index contributed by atoms with van der Waals surface area (Å²) in [4.78, 5) is 23.1. The quantitative estimate of drug-likeness (QED) is 0.477. The zero-order valence-electron chi connectivity index (χ0n) is 12.9. The minimum atomic E-state index is -0.632. The van der Waals surface area contributed by atoms with E-state index in [1.54, 1.807) is 0 Å². The molecule has 2 N–H and O–H groups in total. The second-order valence-corrected chi connectivity index (χ2v) is 4.87. The number of nitrogens with zero attached hydrogens (tertiary/aromatic N) is 2. The molecule has 6 nitrogen and oxygen atoms in total. The van der Waals surface area contributed by atoms with E-state index in [0.29, 0.717) is 11.1 Å². The normalized spacial score (nSPS) is 11.0. The summed E-state index contributed by atoms with van der Waals surface area (Å²) in [6, 6.07) is 11.0. The van der Waals surface area contributed by atoms with Crippen LogP contribution in [0.15, 0.2) is 58.7 Å². The molecular formula is C17H14F2N4O2. The third-order valence-electron chi connectivity index (χ3n) is 2.87. The Balaban J connectivity index is 1.73.